The Balaban J connectivity index is 2.44. The lowest BCUT2D eigenvalue weighted by Crippen LogP contribution is -2.44. The quantitative estimate of drug-likeness (QED) is 0.899. The van der Waals surface area contributed by atoms with Crippen LogP contribution >= 0.6 is 0 Å². The number of nitrogens with zero attached hydrogens (tertiary/aromatic N) is 1. The molecule has 8 heteroatoms. The van der Waals surface area contributed by atoms with Crippen molar-refractivity contribution in [2.24, 2.45) is 0 Å². The molecule has 1 unspecified atom stereocenters. The third-order valence-electron chi connectivity index (χ3n) is 3.95. The molecule has 1 aromatic rings. The number of ether oxygens (including phenoxy) is 1. The second kappa shape index (κ2) is 5.60. The summed E-state index contributed by atoms with van der Waals surface area (Å²) in [7, 11) is -2.89. The van der Waals surface area contributed by atoms with Crippen LogP contribution in [0.2, 0.25) is 0 Å². The Kier molecular flexibility index (Phi) is 4.29. The van der Waals surface area contributed by atoms with Gasteiger partial charge >= 0.3 is 5.97 Å². The molecule has 2 rings (SSSR count). The number of rotatable bonds is 4. The van der Waals surface area contributed by atoms with Gasteiger partial charge in [-0.15, -0.1) is 0 Å². The molecule has 0 bridgehead atoms. The summed E-state index contributed by atoms with van der Waals surface area (Å²) < 4.78 is 45.4. The van der Waals surface area contributed by atoms with E-state index in [9.17, 15) is 22.7 Å². The highest BCUT2D eigenvalue weighted by Crippen LogP contribution is 2.32. The van der Waals surface area contributed by atoms with Gasteiger partial charge in [-0.1, -0.05) is 6.07 Å². The van der Waals surface area contributed by atoms with E-state index >= 15 is 0 Å². The molecular weight excluding hydrogens is 313 g/mol. The standard InChI is InChI=1S/C14H18FNO5S/c1-9-6-10(2)12(11(15)7-9)22(19,20)16-5-4-14(8-16,21-3)13(17)18/h6-7H,4-5,8H2,1-3H3,(H,17,18). The number of aliphatic carboxylic acids is 1. The first-order valence-electron chi connectivity index (χ1n) is 6.69. The number of carboxylic acid groups (broad SMARTS) is 1. The molecule has 0 aromatic heterocycles. The minimum absolute atomic E-state index is 0.0184. The molecule has 0 saturated carbocycles. The van der Waals surface area contributed by atoms with Crippen molar-refractivity contribution in [2.45, 2.75) is 30.8 Å². The van der Waals surface area contributed by atoms with Gasteiger partial charge in [0.2, 0.25) is 10.0 Å². The van der Waals surface area contributed by atoms with Gasteiger partial charge in [-0.3, -0.25) is 0 Å². The first kappa shape index (κ1) is 16.9. The zero-order chi connectivity index (χ0) is 16.7. The second-order valence-corrected chi connectivity index (χ2v) is 7.36. The van der Waals surface area contributed by atoms with E-state index in [-0.39, 0.29) is 19.5 Å². The van der Waals surface area contributed by atoms with Crippen molar-refractivity contribution in [2.75, 3.05) is 20.2 Å². The maximum absolute atomic E-state index is 14.1. The van der Waals surface area contributed by atoms with Crippen LogP contribution < -0.4 is 0 Å². The van der Waals surface area contributed by atoms with Crippen molar-refractivity contribution < 1.29 is 27.4 Å². The van der Waals surface area contributed by atoms with Gasteiger partial charge in [0, 0.05) is 20.1 Å². The van der Waals surface area contributed by atoms with Gasteiger partial charge in [-0.2, -0.15) is 4.31 Å². The number of sulfonamides is 1. The van der Waals surface area contributed by atoms with Gasteiger partial charge in [-0.25, -0.2) is 17.6 Å². The number of benzene rings is 1. The summed E-state index contributed by atoms with van der Waals surface area (Å²) in [5, 5.41) is 9.24. The van der Waals surface area contributed by atoms with E-state index in [0.29, 0.717) is 11.1 Å². The second-order valence-electron chi connectivity index (χ2n) is 5.48. The lowest BCUT2D eigenvalue weighted by Gasteiger charge is -2.23. The van der Waals surface area contributed by atoms with E-state index in [1.54, 1.807) is 13.0 Å². The maximum Gasteiger partial charge on any atom is 0.337 e. The fraction of sp³-hybridized carbons (Fsp3) is 0.500. The van der Waals surface area contributed by atoms with Crippen LogP contribution in [0, 0.1) is 19.7 Å². The minimum Gasteiger partial charge on any atom is -0.479 e. The molecule has 1 N–H and O–H groups in total. The lowest BCUT2D eigenvalue weighted by atomic mass is 10.0. The van der Waals surface area contributed by atoms with E-state index in [4.69, 9.17) is 4.74 Å². The van der Waals surface area contributed by atoms with E-state index in [2.05, 4.69) is 0 Å². The van der Waals surface area contributed by atoms with Gasteiger partial charge in [-0.05, 0) is 31.0 Å². The van der Waals surface area contributed by atoms with Crippen LogP contribution in [0.5, 0.6) is 0 Å². The monoisotopic (exact) mass is 331 g/mol. The van der Waals surface area contributed by atoms with Gasteiger partial charge in [0.1, 0.15) is 10.7 Å². The summed E-state index contributed by atoms with van der Waals surface area (Å²) in [5.41, 5.74) is -0.669. The van der Waals surface area contributed by atoms with E-state index in [1.165, 1.54) is 14.0 Å². The number of halogens is 1. The molecule has 1 fully saturated rings. The molecular formula is C14H18FNO5S. The molecule has 0 spiro atoms. The normalized spacial score (nSPS) is 22.9. The topological polar surface area (TPSA) is 83.9 Å². The van der Waals surface area contributed by atoms with Crippen LogP contribution in [-0.4, -0.2) is 49.6 Å². The summed E-state index contributed by atoms with van der Waals surface area (Å²) in [6.07, 6.45) is 0.0184. The van der Waals surface area contributed by atoms with Crippen molar-refractivity contribution in [1.82, 2.24) is 4.31 Å². The van der Waals surface area contributed by atoms with Crippen LogP contribution in [0.4, 0.5) is 4.39 Å². The number of aryl methyl sites for hydroxylation is 2. The summed E-state index contributed by atoms with van der Waals surface area (Å²) in [5.74, 6) is -2.06. The van der Waals surface area contributed by atoms with E-state index < -0.39 is 32.3 Å². The van der Waals surface area contributed by atoms with Gasteiger partial charge in [0.15, 0.2) is 5.60 Å². The Morgan fingerprint density at radius 3 is 2.50 bits per heavy atom. The van der Waals surface area contributed by atoms with Crippen molar-refractivity contribution in [3.05, 3.63) is 29.1 Å². The summed E-state index contributed by atoms with van der Waals surface area (Å²) in [6, 6.07) is 2.73. The van der Waals surface area contributed by atoms with Crippen molar-refractivity contribution in [3.63, 3.8) is 0 Å². The van der Waals surface area contributed by atoms with Crippen molar-refractivity contribution in [3.8, 4) is 0 Å². The van der Waals surface area contributed by atoms with Gasteiger partial charge in [0.25, 0.3) is 0 Å². The first-order chi connectivity index (χ1) is 10.1. The number of hydrogen-bond acceptors (Lipinski definition) is 4. The van der Waals surface area contributed by atoms with Crippen LogP contribution in [-0.2, 0) is 19.6 Å². The van der Waals surface area contributed by atoms with Gasteiger partial charge in [0.05, 0.1) is 6.54 Å². The molecule has 22 heavy (non-hydrogen) atoms. The summed E-state index contributed by atoms with van der Waals surface area (Å²) in [4.78, 5) is 10.9. The third kappa shape index (κ3) is 2.62. The first-order valence-corrected chi connectivity index (χ1v) is 8.13. The van der Waals surface area contributed by atoms with Crippen LogP contribution in [0.3, 0.4) is 0 Å². The minimum atomic E-state index is -4.12. The molecule has 1 aliphatic rings. The predicted molar refractivity (Wildman–Crippen MR) is 76.6 cm³/mol. The molecule has 1 heterocycles. The van der Waals surface area contributed by atoms with Crippen molar-refractivity contribution in [1.29, 1.82) is 0 Å². The van der Waals surface area contributed by atoms with Crippen LogP contribution in [0.15, 0.2) is 17.0 Å². The Hall–Kier alpha value is -1.51. The average Bonchev–Trinajstić information content (AvgIpc) is 2.83. The zero-order valence-corrected chi connectivity index (χ0v) is 13.4. The largest absolute Gasteiger partial charge is 0.479 e. The number of carbonyl (C=O) groups is 1. The van der Waals surface area contributed by atoms with Gasteiger partial charge < -0.3 is 9.84 Å². The van der Waals surface area contributed by atoms with Crippen LogP contribution in [0.1, 0.15) is 17.5 Å². The highest BCUT2D eigenvalue weighted by atomic mass is 32.2. The van der Waals surface area contributed by atoms with Crippen LogP contribution in [0.25, 0.3) is 0 Å². The predicted octanol–water partition coefficient (Wildman–Crippen LogP) is 1.31. The molecule has 0 radical (unpaired) electrons. The van der Waals surface area contributed by atoms with Crippen molar-refractivity contribution >= 4 is 16.0 Å². The lowest BCUT2D eigenvalue weighted by molar-refractivity contribution is -0.160. The Morgan fingerprint density at radius 1 is 1.41 bits per heavy atom. The molecule has 1 saturated heterocycles. The fourth-order valence-corrected chi connectivity index (χ4v) is 4.48. The summed E-state index contributed by atoms with van der Waals surface area (Å²) >= 11 is 0. The smallest absolute Gasteiger partial charge is 0.337 e. The molecule has 1 atom stereocenters. The maximum atomic E-state index is 14.1. The number of carboxylic acids is 1. The van der Waals surface area contributed by atoms with E-state index in [1.807, 2.05) is 0 Å². The Bertz CT molecular complexity index is 695. The SMILES string of the molecule is COC1(C(=O)O)CCN(S(=O)(=O)c2c(C)cc(C)cc2F)C1. The molecule has 122 valence electrons. The number of methoxy groups -OCH3 is 1. The zero-order valence-electron chi connectivity index (χ0n) is 12.6. The fourth-order valence-electron chi connectivity index (χ4n) is 2.74. The molecule has 6 nitrogen and oxygen atoms in total. The Morgan fingerprint density at radius 2 is 2.05 bits per heavy atom. The number of hydrogen-bond donors (Lipinski definition) is 1. The molecule has 0 amide bonds. The molecule has 0 aliphatic carbocycles. The Labute approximate surface area is 128 Å². The highest BCUT2D eigenvalue weighted by Gasteiger charge is 2.49. The molecule has 1 aliphatic heterocycles. The van der Waals surface area contributed by atoms with E-state index in [0.717, 1.165) is 10.4 Å². The summed E-state index contributed by atoms with van der Waals surface area (Å²) in [6.45, 7) is 2.81. The molecule has 1 aromatic carbocycles. The third-order valence-corrected chi connectivity index (χ3v) is 5.97. The highest BCUT2D eigenvalue weighted by molar-refractivity contribution is 7.89. The average molecular weight is 331 g/mol.